The first kappa shape index (κ1) is 11.4. The van der Waals surface area contributed by atoms with Crippen LogP contribution in [0.3, 0.4) is 0 Å². The zero-order valence-electron chi connectivity index (χ0n) is 9.16. The first-order chi connectivity index (χ1) is 8.75. The normalized spacial score (nSPS) is 11.1. The molecule has 0 radical (unpaired) electrons. The molecule has 2 aromatic heterocycles. The molecule has 0 spiro atoms. The van der Waals surface area contributed by atoms with Crippen LogP contribution in [-0.2, 0) is 4.79 Å². The Morgan fingerprint density at radius 2 is 2.17 bits per heavy atom. The molecule has 0 bridgehead atoms. The second-order valence-corrected chi connectivity index (χ2v) is 5.65. The molecule has 0 atom stereocenters. The minimum Gasteiger partial charge on any atom is -0.481 e. The Kier molecular flexibility index (Phi) is 2.89. The van der Waals surface area contributed by atoms with E-state index in [2.05, 4.69) is 9.97 Å². The number of rotatable bonds is 3. The molecule has 0 aliphatic rings. The lowest BCUT2D eigenvalue weighted by Gasteiger charge is -1.98. The fourth-order valence-electron chi connectivity index (χ4n) is 1.74. The molecule has 2 heterocycles. The van der Waals surface area contributed by atoms with Crippen molar-refractivity contribution in [2.45, 2.75) is 5.03 Å². The van der Waals surface area contributed by atoms with Gasteiger partial charge in [0.15, 0.2) is 0 Å². The summed E-state index contributed by atoms with van der Waals surface area (Å²) < 4.78 is 2.11. The molecular weight excluding hydrogens is 268 g/mol. The quantitative estimate of drug-likeness (QED) is 0.588. The summed E-state index contributed by atoms with van der Waals surface area (Å²) in [6, 6.07) is 8.01. The third-order valence-electron chi connectivity index (χ3n) is 2.46. The van der Waals surface area contributed by atoms with E-state index in [0.717, 1.165) is 25.3 Å². The molecule has 0 saturated carbocycles. The molecule has 90 valence electrons. The van der Waals surface area contributed by atoms with E-state index < -0.39 is 5.97 Å². The lowest BCUT2D eigenvalue weighted by molar-refractivity contribution is -0.133. The van der Waals surface area contributed by atoms with Crippen LogP contribution >= 0.6 is 23.1 Å². The van der Waals surface area contributed by atoms with Crippen LogP contribution < -0.4 is 0 Å². The van der Waals surface area contributed by atoms with E-state index in [0.29, 0.717) is 0 Å². The van der Waals surface area contributed by atoms with Crippen molar-refractivity contribution in [2.24, 2.45) is 0 Å². The van der Waals surface area contributed by atoms with Crippen molar-refractivity contribution in [3.05, 3.63) is 30.6 Å². The van der Waals surface area contributed by atoms with Gasteiger partial charge in [-0.3, -0.25) is 4.79 Å². The average molecular weight is 276 g/mol. The van der Waals surface area contributed by atoms with Crippen molar-refractivity contribution < 1.29 is 9.90 Å². The van der Waals surface area contributed by atoms with E-state index in [1.54, 1.807) is 11.3 Å². The molecule has 0 amide bonds. The van der Waals surface area contributed by atoms with Crippen LogP contribution in [0, 0.1) is 0 Å². The molecule has 0 saturated heterocycles. The van der Waals surface area contributed by atoms with Gasteiger partial charge in [-0.1, -0.05) is 30.0 Å². The minimum absolute atomic E-state index is 0.0142. The summed E-state index contributed by atoms with van der Waals surface area (Å²) in [5.74, 6) is -0.826. The molecule has 3 aromatic rings. The predicted molar refractivity (Wildman–Crippen MR) is 73.3 cm³/mol. The molecule has 3 rings (SSSR count). The van der Waals surface area contributed by atoms with Crippen LogP contribution in [0.2, 0.25) is 0 Å². The smallest absolute Gasteiger partial charge is 0.313 e. The number of fused-ring (bicyclic) bond motifs is 3. The van der Waals surface area contributed by atoms with Gasteiger partial charge >= 0.3 is 5.97 Å². The van der Waals surface area contributed by atoms with Crippen molar-refractivity contribution in [1.29, 1.82) is 0 Å². The molecule has 1 aromatic carbocycles. The highest BCUT2D eigenvalue weighted by Gasteiger charge is 2.12. The van der Waals surface area contributed by atoms with Gasteiger partial charge in [-0.05, 0) is 6.07 Å². The lowest BCUT2D eigenvalue weighted by Crippen LogP contribution is -1.98. The van der Waals surface area contributed by atoms with Gasteiger partial charge in [-0.15, -0.1) is 11.3 Å². The highest BCUT2D eigenvalue weighted by atomic mass is 32.2. The molecule has 0 unspecified atom stereocenters. The third kappa shape index (κ3) is 1.93. The number of aromatic nitrogens is 2. The first-order valence-corrected chi connectivity index (χ1v) is 7.03. The van der Waals surface area contributed by atoms with E-state index in [1.165, 1.54) is 18.1 Å². The SMILES string of the molecule is O=C(O)CSc1ncnc2c1sc1ccccc12. The van der Waals surface area contributed by atoms with Crippen molar-refractivity contribution >= 4 is 49.4 Å². The fraction of sp³-hybridized carbons (Fsp3) is 0.0833. The number of thioether (sulfide) groups is 1. The van der Waals surface area contributed by atoms with Crippen LogP contribution in [0.4, 0.5) is 0 Å². The Morgan fingerprint density at radius 3 is 3.00 bits per heavy atom. The molecule has 0 aliphatic heterocycles. The molecular formula is C12H8N2O2S2. The van der Waals surface area contributed by atoms with Crippen LogP contribution in [0.5, 0.6) is 0 Å². The zero-order chi connectivity index (χ0) is 12.5. The van der Waals surface area contributed by atoms with Gasteiger partial charge in [0.25, 0.3) is 0 Å². The van der Waals surface area contributed by atoms with E-state index in [-0.39, 0.29) is 5.75 Å². The third-order valence-corrected chi connectivity index (χ3v) is 4.73. The van der Waals surface area contributed by atoms with Crippen LogP contribution in [0.15, 0.2) is 35.6 Å². The molecule has 6 heteroatoms. The minimum atomic E-state index is -0.840. The maximum absolute atomic E-state index is 10.6. The Bertz CT molecular complexity index is 739. The average Bonchev–Trinajstić information content (AvgIpc) is 2.75. The maximum Gasteiger partial charge on any atom is 0.313 e. The van der Waals surface area contributed by atoms with Crippen molar-refractivity contribution in [1.82, 2.24) is 9.97 Å². The van der Waals surface area contributed by atoms with Gasteiger partial charge in [-0.25, -0.2) is 9.97 Å². The largest absolute Gasteiger partial charge is 0.481 e. The van der Waals surface area contributed by atoms with E-state index in [4.69, 9.17) is 5.11 Å². The Morgan fingerprint density at radius 1 is 1.33 bits per heavy atom. The summed E-state index contributed by atoms with van der Waals surface area (Å²) in [5.41, 5.74) is 0.901. The Balaban J connectivity index is 2.18. The number of hydrogen-bond donors (Lipinski definition) is 1. The summed E-state index contributed by atoms with van der Waals surface area (Å²) in [7, 11) is 0. The second-order valence-electron chi connectivity index (χ2n) is 3.64. The highest BCUT2D eigenvalue weighted by Crippen LogP contribution is 2.36. The first-order valence-electron chi connectivity index (χ1n) is 5.22. The summed E-state index contributed by atoms with van der Waals surface area (Å²) in [5, 5.41) is 10.6. The van der Waals surface area contributed by atoms with E-state index in [1.807, 2.05) is 24.3 Å². The van der Waals surface area contributed by atoms with Gasteiger partial charge in [0.1, 0.15) is 11.4 Å². The molecule has 18 heavy (non-hydrogen) atoms. The second kappa shape index (κ2) is 4.55. The number of nitrogens with zero attached hydrogens (tertiary/aromatic N) is 2. The predicted octanol–water partition coefficient (Wildman–Crippen LogP) is 3.02. The zero-order valence-corrected chi connectivity index (χ0v) is 10.8. The lowest BCUT2D eigenvalue weighted by atomic mass is 10.2. The van der Waals surface area contributed by atoms with Crippen molar-refractivity contribution in [3.63, 3.8) is 0 Å². The van der Waals surface area contributed by atoms with Crippen LogP contribution in [-0.4, -0.2) is 26.8 Å². The topological polar surface area (TPSA) is 63.1 Å². The molecule has 0 aliphatic carbocycles. The van der Waals surface area contributed by atoms with Crippen molar-refractivity contribution in [2.75, 3.05) is 5.75 Å². The van der Waals surface area contributed by atoms with Gasteiger partial charge < -0.3 is 5.11 Å². The molecule has 0 fully saturated rings. The van der Waals surface area contributed by atoms with Gasteiger partial charge in [0.2, 0.25) is 0 Å². The molecule has 4 nitrogen and oxygen atoms in total. The van der Waals surface area contributed by atoms with E-state index in [9.17, 15) is 4.79 Å². The maximum atomic E-state index is 10.6. The Labute approximate surface area is 111 Å². The highest BCUT2D eigenvalue weighted by molar-refractivity contribution is 8.00. The van der Waals surface area contributed by atoms with Crippen LogP contribution in [0.1, 0.15) is 0 Å². The Hall–Kier alpha value is -1.66. The monoisotopic (exact) mass is 276 g/mol. The molecule has 1 N–H and O–H groups in total. The number of carboxylic acid groups (broad SMARTS) is 1. The van der Waals surface area contributed by atoms with Crippen LogP contribution in [0.25, 0.3) is 20.3 Å². The summed E-state index contributed by atoms with van der Waals surface area (Å²) in [4.78, 5) is 19.1. The number of carbonyl (C=O) groups is 1. The van der Waals surface area contributed by atoms with Crippen molar-refractivity contribution in [3.8, 4) is 0 Å². The number of carboxylic acids is 1. The fourth-order valence-corrected chi connectivity index (χ4v) is 3.69. The number of aliphatic carboxylic acids is 1. The van der Waals surface area contributed by atoms with Gasteiger partial charge in [0.05, 0.1) is 16.0 Å². The van der Waals surface area contributed by atoms with Gasteiger partial charge in [-0.2, -0.15) is 0 Å². The van der Waals surface area contributed by atoms with Gasteiger partial charge in [0, 0.05) is 10.1 Å². The summed E-state index contributed by atoms with van der Waals surface area (Å²) in [6.07, 6.45) is 1.49. The summed E-state index contributed by atoms with van der Waals surface area (Å²) in [6.45, 7) is 0. The van der Waals surface area contributed by atoms with E-state index >= 15 is 0 Å². The number of benzene rings is 1. The summed E-state index contributed by atoms with van der Waals surface area (Å²) >= 11 is 2.83. The number of thiophene rings is 1. The number of hydrogen-bond acceptors (Lipinski definition) is 5. The standard InChI is InChI=1S/C12H8N2O2S2/c15-9(16)5-17-12-11-10(13-6-14-12)7-3-1-2-4-8(7)18-11/h1-4,6H,5H2,(H,15,16).